The minimum atomic E-state index is 0. The van der Waals surface area contributed by atoms with Gasteiger partial charge in [0.2, 0.25) is 0 Å². The molecule has 9 heavy (non-hydrogen) atoms. The van der Waals surface area contributed by atoms with Gasteiger partial charge in [-0.05, 0) is 47.2 Å². The maximum absolute atomic E-state index is 3.76. The molecule has 0 atom stereocenters. The van der Waals surface area contributed by atoms with Crippen molar-refractivity contribution in [2.45, 2.75) is 0 Å². The second-order valence-corrected chi connectivity index (χ2v) is 2.87. The molecule has 1 aromatic rings. The van der Waals surface area contributed by atoms with Crippen molar-refractivity contribution in [3.8, 4) is 0 Å². The molecule has 0 unspecified atom stereocenters. The Kier molecular flexibility index (Phi) is 4.68. The Bertz CT molecular complexity index is 148. The van der Waals surface area contributed by atoms with Crippen LogP contribution >= 0.6 is 22.6 Å². The van der Waals surface area contributed by atoms with E-state index in [9.17, 15) is 0 Å². The SMILES string of the molecule is [CH2]c1ccc(I)cc1.[Zn]. The Morgan fingerprint density at radius 3 is 1.89 bits per heavy atom. The fourth-order valence-electron chi connectivity index (χ4n) is 0.484. The molecule has 0 aliphatic heterocycles. The first-order chi connectivity index (χ1) is 3.79. The summed E-state index contributed by atoms with van der Waals surface area (Å²) in [6, 6.07) is 8.09. The van der Waals surface area contributed by atoms with E-state index in [0.717, 1.165) is 5.56 Å². The Hall–Kier alpha value is 0.573. The Morgan fingerprint density at radius 2 is 1.56 bits per heavy atom. The van der Waals surface area contributed by atoms with Crippen LogP contribution in [0.25, 0.3) is 0 Å². The van der Waals surface area contributed by atoms with E-state index in [1.165, 1.54) is 3.57 Å². The van der Waals surface area contributed by atoms with E-state index in [0.29, 0.717) is 0 Å². The van der Waals surface area contributed by atoms with Crippen molar-refractivity contribution in [2.24, 2.45) is 0 Å². The largest absolute Gasteiger partial charge is 0.0580 e. The molecule has 0 aromatic heterocycles. The van der Waals surface area contributed by atoms with E-state index in [1.54, 1.807) is 0 Å². The van der Waals surface area contributed by atoms with Crippen LogP contribution in [0.3, 0.4) is 0 Å². The molecule has 2 heteroatoms. The summed E-state index contributed by atoms with van der Waals surface area (Å²) >= 11 is 2.27. The summed E-state index contributed by atoms with van der Waals surface area (Å²) in [6.45, 7) is 3.76. The Morgan fingerprint density at radius 1 is 1.11 bits per heavy atom. The average Bonchev–Trinajstić information content (AvgIpc) is 1.77. The van der Waals surface area contributed by atoms with Gasteiger partial charge in [0.25, 0.3) is 0 Å². The standard InChI is InChI=1S/C7H6I.Zn/c1-6-2-4-7(8)5-3-6;/h2-5H,1H2;. The molecule has 0 spiro atoms. The molecule has 0 bridgehead atoms. The molecule has 43 valence electrons. The van der Waals surface area contributed by atoms with E-state index in [-0.39, 0.29) is 19.5 Å². The third kappa shape index (κ3) is 3.31. The molecule has 0 saturated carbocycles. The first-order valence-corrected chi connectivity index (χ1v) is 3.44. The molecular formula is C7H6IZn. The summed E-state index contributed by atoms with van der Waals surface area (Å²) in [5.41, 5.74) is 1.07. The molecule has 0 heterocycles. The summed E-state index contributed by atoms with van der Waals surface area (Å²) in [4.78, 5) is 0. The van der Waals surface area contributed by atoms with Crippen LogP contribution in [0.4, 0.5) is 0 Å². The van der Waals surface area contributed by atoms with Crippen molar-refractivity contribution in [2.75, 3.05) is 0 Å². The monoisotopic (exact) mass is 281 g/mol. The van der Waals surface area contributed by atoms with Gasteiger partial charge in [-0.1, -0.05) is 12.1 Å². The Balaban J connectivity index is 0.000000640. The third-order valence-corrected chi connectivity index (χ3v) is 1.63. The van der Waals surface area contributed by atoms with Crippen molar-refractivity contribution in [1.29, 1.82) is 0 Å². The number of rotatable bonds is 0. The van der Waals surface area contributed by atoms with E-state index < -0.39 is 0 Å². The average molecular weight is 282 g/mol. The zero-order chi connectivity index (χ0) is 5.98. The first-order valence-electron chi connectivity index (χ1n) is 2.36. The molecule has 0 aliphatic rings. The van der Waals surface area contributed by atoms with Gasteiger partial charge in [0.05, 0.1) is 0 Å². The summed E-state index contributed by atoms with van der Waals surface area (Å²) in [6.07, 6.45) is 0. The van der Waals surface area contributed by atoms with Gasteiger partial charge >= 0.3 is 0 Å². The molecular weight excluding hydrogens is 276 g/mol. The van der Waals surface area contributed by atoms with Crippen LogP contribution in [0, 0.1) is 10.5 Å². The predicted octanol–water partition coefficient (Wildman–Crippen LogP) is 2.47. The second kappa shape index (κ2) is 4.40. The van der Waals surface area contributed by atoms with Crippen molar-refractivity contribution in [1.82, 2.24) is 0 Å². The maximum atomic E-state index is 3.76. The minimum Gasteiger partial charge on any atom is -0.0580 e. The second-order valence-electron chi connectivity index (χ2n) is 1.63. The van der Waals surface area contributed by atoms with E-state index in [1.807, 2.05) is 24.3 Å². The van der Waals surface area contributed by atoms with Crippen LogP contribution in [0.2, 0.25) is 0 Å². The fraction of sp³-hybridized carbons (Fsp3) is 0. The van der Waals surface area contributed by atoms with Crippen molar-refractivity contribution < 1.29 is 19.5 Å². The van der Waals surface area contributed by atoms with Crippen LogP contribution in [0.1, 0.15) is 5.56 Å². The fourth-order valence-corrected chi connectivity index (χ4v) is 0.844. The van der Waals surface area contributed by atoms with Gasteiger partial charge in [0.15, 0.2) is 0 Å². The normalized spacial score (nSPS) is 8.22. The number of benzene rings is 1. The third-order valence-electron chi connectivity index (χ3n) is 0.913. The molecule has 1 rings (SSSR count). The molecule has 0 fully saturated rings. The van der Waals surface area contributed by atoms with Gasteiger partial charge in [0.1, 0.15) is 0 Å². The number of halogens is 1. The molecule has 0 N–H and O–H groups in total. The van der Waals surface area contributed by atoms with Crippen LogP contribution in [-0.4, -0.2) is 0 Å². The van der Waals surface area contributed by atoms with Crippen LogP contribution < -0.4 is 0 Å². The molecule has 0 aliphatic carbocycles. The summed E-state index contributed by atoms with van der Waals surface area (Å²) < 4.78 is 1.26. The van der Waals surface area contributed by atoms with E-state index >= 15 is 0 Å². The maximum Gasteiger partial charge on any atom is 0.0130 e. The minimum absolute atomic E-state index is 0. The van der Waals surface area contributed by atoms with Gasteiger partial charge in [-0.3, -0.25) is 0 Å². The van der Waals surface area contributed by atoms with Crippen LogP contribution in [0.15, 0.2) is 24.3 Å². The molecule has 1 radical (unpaired) electrons. The molecule has 0 amide bonds. The van der Waals surface area contributed by atoms with Gasteiger partial charge in [-0.15, -0.1) is 0 Å². The number of hydrogen-bond acceptors (Lipinski definition) is 0. The summed E-state index contributed by atoms with van der Waals surface area (Å²) in [5.74, 6) is 0. The zero-order valence-electron chi connectivity index (χ0n) is 5.10. The van der Waals surface area contributed by atoms with Crippen LogP contribution in [0.5, 0.6) is 0 Å². The van der Waals surface area contributed by atoms with Gasteiger partial charge in [-0.2, -0.15) is 0 Å². The molecule has 0 nitrogen and oxygen atoms in total. The van der Waals surface area contributed by atoms with Crippen LogP contribution in [-0.2, 0) is 19.5 Å². The Labute approximate surface area is 81.9 Å². The van der Waals surface area contributed by atoms with E-state index in [4.69, 9.17) is 0 Å². The van der Waals surface area contributed by atoms with Gasteiger partial charge in [0, 0.05) is 23.0 Å². The smallest absolute Gasteiger partial charge is 0.0130 e. The van der Waals surface area contributed by atoms with Gasteiger partial charge < -0.3 is 0 Å². The zero-order valence-corrected chi connectivity index (χ0v) is 10.2. The topological polar surface area (TPSA) is 0 Å². The first kappa shape index (κ1) is 9.57. The number of hydrogen-bond donors (Lipinski definition) is 0. The van der Waals surface area contributed by atoms with Crippen molar-refractivity contribution in [3.63, 3.8) is 0 Å². The van der Waals surface area contributed by atoms with Gasteiger partial charge in [-0.25, -0.2) is 0 Å². The van der Waals surface area contributed by atoms with Crippen molar-refractivity contribution in [3.05, 3.63) is 40.3 Å². The molecule has 1 aromatic carbocycles. The quantitative estimate of drug-likeness (QED) is 0.506. The predicted molar refractivity (Wildman–Crippen MR) is 43.6 cm³/mol. The van der Waals surface area contributed by atoms with Crippen molar-refractivity contribution >= 4 is 22.6 Å². The van der Waals surface area contributed by atoms with E-state index in [2.05, 4.69) is 29.5 Å². The molecule has 0 saturated heterocycles. The summed E-state index contributed by atoms with van der Waals surface area (Å²) in [5, 5.41) is 0. The summed E-state index contributed by atoms with van der Waals surface area (Å²) in [7, 11) is 0.